The Morgan fingerprint density at radius 3 is 2.30 bits per heavy atom. The number of para-hydroxylation sites is 1. The molecule has 1 aliphatic heterocycles. The third-order valence-corrected chi connectivity index (χ3v) is 7.37. The highest BCUT2D eigenvalue weighted by Crippen LogP contribution is 2.37. The fourth-order valence-corrected chi connectivity index (χ4v) is 5.18. The Kier molecular flexibility index (Phi) is 8.75. The highest BCUT2D eigenvalue weighted by molar-refractivity contribution is 6.30. The Balaban J connectivity index is 1.35. The summed E-state index contributed by atoms with van der Waals surface area (Å²) >= 11 is 5.86. The molecule has 5 nitrogen and oxygen atoms in total. The van der Waals surface area contributed by atoms with Gasteiger partial charge in [-0.2, -0.15) is 0 Å². The predicted molar refractivity (Wildman–Crippen MR) is 134 cm³/mol. The minimum absolute atomic E-state index is 0.119. The number of carbonyl (C=O) groups is 2. The number of piperazine rings is 1. The number of hydrogen-bond acceptors (Lipinski definition) is 3. The van der Waals surface area contributed by atoms with Crippen LogP contribution >= 0.6 is 11.6 Å². The van der Waals surface area contributed by atoms with Gasteiger partial charge in [-0.05, 0) is 43.0 Å². The summed E-state index contributed by atoms with van der Waals surface area (Å²) in [5.74, 6) is -5.21. The molecule has 2 aromatic carbocycles. The number of hydrogen-bond donors (Lipinski definition) is 0. The zero-order chi connectivity index (χ0) is 26.6. The van der Waals surface area contributed by atoms with Gasteiger partial charge in [0.05, 0.1) is 0 Å². The van der Waals surface area contributed by atoms with E-state index in [1.807, 2.05) is 11.0 Å². The summed E-state index contributed by atoms with van der Waals surface area (Å²) in [6.45, 7) is 1.67. The third kappa shape index (κ3) is 7.23. The Hall–Kier alpha value is -2.65. The zero-order valence-corrected chi connectivity index (χ0v) is 21.2. The van der Waals surface area contributed by atoms with Crippen molar-refractivity contribution in [2.75, 3.05) is 37.6 Å². The van der Waals surface area contributed by atoms with Crippen molar-refractivity contribution < 1.29 is 27.2 Å². The Bertz CT molecular complexity index is 1100. The van der Waals surface area contributed by atoms with Crippen molar-refractivity contribution in [3.8, 4) is 0 Å². The molecule has 0 unspecified atom stereocenters. The van der Waals surface area contributed by atoms with E-state index in [2.05, 4.69) is 0 Å². The summed E-state index contributed by atoms with van der Waals surface area (Å²) in [6, 6.07) is 11.2. The van der Waals surface area contributed by atoms with Crippen LogP contribution in [0.2, 0.25) is 5.02 Å². The van der Waals surface area contributed by atoms with E-state index in [1.165, 1.54) is 11.0 Å². The molecule has 2 fully saturated rings. The van der Waals surface area contributed by atoms with Crippen molar-refractivity contribution in [1.82, 2.24) is 9.80 Å². The summed E-state index contributed by atoms with van der Waals surface area (Å²) in [5, 5.41) is 0.121. The molecule has 4 rings (SSSR count). The Morgan fingerprint density at radius 1 is 1.00 bits per heavy atom. The van der Waals surface area contributed by atoms with Crippen LogP contribution in [0.3, 0.4) is 0 Å². The lowest BCUT2D eigenvalue weighted by molar-refractivity contribution is -0.133. The van der Waals surface area contributed by atoms with Crippen LogP contribution in [-0.4, -0.2) is 60.3 Å². The maximum absolute atomic E-state index is 14.1. The van der Waals surface area contributed by atoms with Gasteiger partial charge in [-0.15, -0.1) is 0 Å². The first-order chi connectivity index (χ1) is 17.6. The van der Waals surface area contributed by atoms with Gasteiger partial charge in [-0.1, -0.05) is 29.8 Å². The minimum Gasteiger partial charge on any atom is -0.339 e. The molecule has 2 aliphatic rings. The molecule has 2 amide bonds. The molecular weight excluding hydrogens is 510 g/mol. The van der Waals surface area contributed by atoms with Gasteiger partial charge in [0.2, 0.25) is 17.7 Å². The maximum atomic E-state index is 14.1. The molecule has 10 heteroatoms. The van der Waals surface area contributed by atoms with Crippen LogP contribution < -0.4 is 4.90 Å². The van der Waals surface area contributed by atoms with Crippen LogP contribution in [0.15, 0.2) is 42.5 Å². The van der Waals surface area contributed by atoms with E-state index in [0.29, 0.717) is 31.9 Å². The molecule has 1 aliphatic carbocycles. The van der Waals surface area contributed by atoms with Gasteiger partial charge in [0, 0.05) is 68.3 Å². The molecule has 0 radical (unpaired) electrons. The smallest absolute Gasteiger partial charge is 0.248 e. The van der Waals surface area contributed by atoms with E-state index in [4.69, 9.17) is 11.6 Å². The van der Waals surface area contributed by atoms with E-state index >= 15 is 0 Å². The molecule has 0 bridgehead atoms. The normalized spacial score (nSPS) is 18.6. The average molecular weight is 540 g/mol. The van der Waals surface area contributed by atoms with Gasteiger partial charge in [-0.25, -0.2) is 17.6 Å². The summed E-state index contributed by atoms with van der Waals surface area (Å²) < 4.78 is 54.9. The standard InChI is InChI=1S/C27H30ClF4N3O2/c28-21-15-20(26(30)23(29)16-21)17-33-10-12-34(13-11-33)25(37)18-35(22-4-2-1-3-5-22)24(36)14-19-6-8-27(31,32)9-7-19/h1-5,15-16,19H,6-14,17-18H2. The summed E-state index contributed by atoms with van der Waals surface area (Å²) in [4.78, 5) is 31.4. The van der Waals surface area contributed by atoms with Crippen molar-refractivity contribution >= 4 is 29.1 Å². The van der Waals surface area contributed by atoms with Crippen molar-refractivity contribution in [2.45, 2.75) is 44.6 Å². The predicted octanol–water partition coefficient (Wildman–Crippen LogP) is 5.51. The van der Waals surface area contributed by atoms with Crippen molar-refractivity contribution in [3.63, 3.8) is 0 Å². The van der Waals surface area contributed by atoms with E-state index in [1.54, 1.807) is 29.2 Å². The van der Waals surface area contributed by atoms with Crippen LogP contribution in [0.25, 0.3) is 0 Å². The van der Waals surface area contributed by atoms with Gasteiger partial charge < -0.3 is 9.80 Å². The number of nitrogens with zero attached hydrogens (tertiary/aromatic N) is 3. The van der Waals surface area contributed by atoms with Gasteiger partial charge in [-0.3, -0.25) is 14.5 Å². The van der Waals surface area contributed by atoms with Gasteiger partial charge in [0.1, 0.15) is 6.54 Å². The highest BCUT2D eigenvalue weighted by atomic mass is 35.5. The number of amides is 2. The molecule has 0 aromatic heterocycles. The van der Waals surface area contributed by atoms with Crippen molar-refractivity contribution in [2.24, 2.45) is 5.92 Å². The highest BCUT2D eigenvalue weighted by Gasteiger charge is 2.36. The first-order valence-corrected chi connectivity index (χ1v) is 12.9. The SMILES string of the molecule is O=C(CN(C(=O)CC1CCC(F)(F)CC1)c1ccccc1)N1CCN(Cc2cc(Cl)cc(F)c2F)CC1. The van der Waals surface area contributed by atoms with Crippen LogP contribution in [-0.2, 0) is 16.1 Å². The first-order valence-electron chi connectivity index (χ1n) is 12.5. The molecule has 1 saturated heterocycles. The van der Waals surface area contributed by atoms with Crippen LogP contribution in [0, 0.1) is 17.6 Å². The number of halogens is 5. The van der Waals surface area contributed by atoms with Gasteiger partial charge in [0.25, 0.3) is 0 Å². The zero-order valence-electron chi connectivity index (χ0n) is 20.4. The largest absolute Gasteiger partial charge is 0.339 e. The number of rotatable bonds is 7. The quantitative estimate of drug-likeness (QED) is 0.344. The van der Waals surface area contributed by atoms with Gasteiger partial charge in [0.15, 0.2) is 11.6 Å². The van der Waals surface area contributed by atoms with E-state index in [0.717, 1.165) is 6.07 Å². The summed E-state index contributed by atoms with van der Waals surface area (Å²) in [6.07, 6.45) is 0.257. The summed E-state index contributed by atoms with van der Waals surface area (Å²) in [7, 11) is 0. The number of benzene rings is 2. The topological polar surface area (TPSA) is 43.9 Å². The number of carbonyl (C=O) groups excluding carboxylic acids is 2. The van der Waals surface area contributed by atoms with Crippen LogP contribution in [0.5, 0.6) is 0 Å². The van der Waals surface area contributed by atoms with Crippen LogP contribution in [0.4, 0.5) is 23.2 Å². The van der Waals surface area contributed by atoms with Gasteiger partial charge >= 0.3 is 0 Å². The van der Waals surface area contributed by atoms with Crippen LogP contribution in [0.1, 0.15) is 37.7 Å². The average Bonchev–Trinajstić information content (AvgIpc) is 2.87. The fraction of sp³-hybridized carbons (Fsp3) is 0.481. The van der Waals surface area contributed by atoms with E-state index in [-0.39, 0.29) is 73.5 Å². The Labute approximate surface area is 219 Å². The van der Waals surface area contributed by atoms with E-state index < -0.39 is 17.6 Å². The molecule has 1 heterocycles. The second kappa shape index (κ2) is 11.8. The first kappa shape index (κ1) is 27.4. The molecule has 2 aromatic rings. The number of alkyl halides is 2. The molecule has 1 saturated carbocycles. The molecule has 37 heavy (non-hydrogen) atoms. The monoisotopic (exact) mass is 539 g/mol. The van der Waals surface area contributed by atoms with Crippen molar-refractivity contribution in [3.05, 3.63) is 64.7 Å². The maximum Gasteiger partial charge on any atom is 0.248 e. The second-order valence-electron chi connectivity index (χ2n) is 9.84. The van der Waals surface area contributed by atoms with Crippen molar-refractivity contribution in [1.29, 1.82) is 0 Å². The third-order valence-electron chi connectivity index (χ3n) is 7.15. The lowest BCUT2D eigenvalue weighted by Crippen LogP contribution is -2.51. The summed E-state index contributed by atoms with van der Waals surface area (Å²) in [5.41, 5.74) is 0.741. The lowest BCUT2D eigenvalue weighted by atomic mass is 9.84. The Morgan fingerprint density at radius 2 is 1.65 bits per heavy atom. The second-order valence-corrected chi connectivity index (χ2v) is 10.3. The molecular formula is C27H30ClF4N3O2. The number of anilines is 1. The molecule has 0 spiro atoms. The fourth-order valence-electron chi connectivity index (χ4n) is 4.95. The minimum atomic E-state index is -2.66. The molecule has 200 valence electrons. The molecule has 0 atom stereocenters. The molecule has 0 N–H and O–H groups in total. The van der Waals surface area contributed by atoms with E-state index in [9.17, 15) is 27.2 Å². The lowest BCUT2D eigenvalue weighted by Gasteiger charge is -2.36.